The fraction of sp³-hybridized carbons (Fsp3) is 0.571. The largest absolute Gasteiger partial charge is 0.485 e. The molecule has 156 valence electrons. The maximum Gasteiger partial charge on any atom is 0.255 e. The average molecular weight is 401 g/mol. The number of para-hydroxylation sites is 1. The van der Waals surface area contributed by atoms with E-state index in [4.69, 9.17) is 9.47 Å². The summed E-state index contributed by atoms with van der Waals surface area (Å²) in [6, 6.07) is 7.15. The zero-order valence-electron chi connectivity index (χ0n) is 16.4. The highest BCUT2D eigenvalue weighted by molar-refractivity contribution is 5.97. The van der Waals surface area contributed by atoms with Crippen molar-refractivity contribution in [3.63, 3.8) is 0 Å². The van der Waals surface area contributed by atoms with E-state index in [1.54, 1.807) is 23.1 Å². The summed E-state index contributed by atoms with van der Waals surface area (Å²) in [5, 5.41) is 5.79. The molecule has 4 rings (SSSR count). The zero-order chi connectivity index (χ0) is 20.3. The van der Waals surface area contributed by atoms with Crippen LogP contribution < -0.4 is 15.4 Å². The van der Waals surface area contributed by atoms with E-state index in [9.17, 15) is 14.4 Å². The lowest BCUT2D eigenvalue weighted by molar-refractivity contribution is -0.135. The van der Waals surface area contributed by atoms with Gasteiger partial charge in [-0.15, -0.1) is 0 Å². The zero-order valence-corrected chi connectivity index (χ0v) is 16.4. The van der Waals surface area contributed by atoms with Crippen molar-refractivity contribution in [1.29, 1.82) is 0 Å². The van der Waals surface area contributed by atoms with Gasteiger partial charge in [-0.1, -0.05) is 12.1 Å². The minimum atomic E-state index is -0.652. The van der Waals surface area contributed by atoms with Gasteiger partial charge in [-0.25, -0.2) is 0 Å². The third kappa shape index (κ3) is 4.53. The van der Waals surface area contributed by atoms with E-state index in [1.165, 1.54) is 0 Å². The molecule has 3 heterocycles. The van der Waals surface area contributed by atoms with Gasteiger partial charge in [0.25, 0.3) is 5.91 Å². The molecule has 29 heavy (non-hydrogen) atoms. The van der Waals surface area contributed by atoms with Gasteiger partial charge in [-0.05, 0) is 31.4 Å². The maximum absolute atomic E-state index is 12.6. The SMILES string of the molecule is O=C(CN1CC[C@]2(CCC1=O)CNC(=O)c1ccccc1O2)NC[C@H]1CCCO1. The molecule has 2 N–H and O–H groups in total. The lowest BCUT2D eigenvalue weighted by atomic mass is 9.94. The Labute approximate surface area is 169 Å². The van der Waals surface area contributed by atoms with Gasteiger partial charge in [0.15, 0.2) is 0 Å². The van der Waals surface area contributed by atoms with E-state index < -0.39 is 5.60 Å². The number of likely N-dealkylation sites (tertiary alicyclic amines) is 1. The van der Waals surface area contributed by atoms with Crippen LogP contribution in [0, 0.1) is 0 Å². The minimum absolute atomic E-state index is 0.0323. The molecule has 0 saturated carbocycles. The Kier molecular flexibility index (Phi) is 5.71. The summed E-state index contributed by atoms with van der Waals surface area (Å²) in [5.74, 6) is 0.128. The van der Waals surface area contributed by atoms with Crippen LogP contribution in [-0.4, -0.2) is 67.1 Å². The molecule has 0 bridgehead atoms. The van der Waals surface area contributed by atoms with Crippen molar-refractivity contribution in [3.8, 4) is 5.75 Å². The maximum atomic E-state index is 12.6. The normalized spacial score (nSPS) is 26.9. The smallest absolute Gasteiger partial charge is 0.255 e. The monoisotopic (exact) mass is 401 g/mol. The highest BCUT2D eigenvalue weighted by atomic mass is 16.5. The number of carbonyl (C=O) groups excluding carboxylic acids is 3. The van der Waals surface area contributed by atoms with E-state index in [0.717, 1.165) is 19.4 Å². The lowest BCUT2D eigenvalue weighted by Crippen LogP contribution is -2.46. The van der Waals surface area contributed by atoms with E-state index in [1.807, 2.05) is 6.07 Å². The van der Waals surface area contributed by atoms with Crippen LogP contribution >= 0.6 is 0 Å². The summed E-state index contributed by atoms with van der Waals surface area (Å²) in [4.78, 5) is 38.8. The van der Waals surface area contributed by atoms with Crippen molar-refractivity contribution in [2.45, 2.75) is 43.8 Å². The van der Waals surface area contributed by atoms with Crippen molar-refractivity contribution in [1.82, 2.24) is 15.5 Å². The molecule has 3 aliphatic rings. The molecule has 8 heteroatoms. The number of nitrogens with one attached hydrogen (secondary N) is 2. The predicted octanol–water partition coefficient (Wildman–Crippen LogP) is 0.855. The number of amides is 3. The van der Waals surface area contributed by atoms with Crippen LogP contribution in [-0.2, 0) is 14.3 Å². The third-order valence-electron chi connectivity index (χ3n) is 5.90. The average Bonchev–Trinajstić information content (AvgIpc) is 3.15. The number of rotatable bonds is 4. The number of benzene rings is 1. The van der Waals surface area contributed by atoms with Crippen LogP contribution in [0.1, 0.15) is 42.5 Å². The molecule has 2 atom stereocenters. The van der Waals surface area contributed by atoms with Crippen molar-refractivity contribution in [2.24, 2.45) is 0 Å². The molecular formula is C21H27N3O5. The van der Waals surface area contributed by atoms with Gasteiger partial charge in [0.2, 0.25) is 11.8 Å². The number of nitrogens with zero attached hydrogens (tertiary/aromatic N) is 1. The van der Waals surface area contributed by atoms with Gasteiger partial charge in [0.1, 0.15) is 11.4 Å². The summed E-state index contributed by atoms with van der Waals surface area (Å²) in [5.41, 5.74) is -0.147. The quantitative estimate of drug-likeness (QED) is 0.780. The van der Waals surface area contributed by atoms with E-state index >= 15 is 0 Å². The molecule has 3 amide bonds. The Hall–Kier alpha value is -2.61. The lowest BCUT2D eigenvalue weighted by Gasteiger charge is -2.32. The molecule has 1 aromatic rings. The first-order valence-corrected chi connectivity index (χ1v) is 10.3. The highest BCUT2D eigenvalue weighted by Crippen LogP contribution is 2.33. The first kappa shape index (κ1) is 19.7. The second-order valence-corrected chi connectivity index (χ2v) is 7.97. The first-order chi connectivity index (χ1) is 14.0. The summed E-state index contributed by atoms with van der Waals surface area (Å²) in [6.07, 6.45) is 3.37. The topological polar surface area (TPSA) is 97.0 Å². The Morgan fingerprint density at radius 3 is 2.97 bits per heavy atom. The summed E-state index contributed by atoms with van der Waals surface area (Å²) < 4.78 is 11.8. The van der Waals surface area contributed by atoms with Gasteiger partial charge in [-0.3, -0.25) is 14.4 Å². The van der Waals surface area contributed by atoms with Crippen LogP contribution in [0.4, 0.5) is 0 Å². The molecular weight excluding hydrogens is 374 g/mol. The molecule has 2 saturated heterocycles. The van der Waals surface area contributed by atoms with Gasteiger partial charge in [0.05, 0.1) is 24.8 Å². The number of hydrogen-bond acceptors (Lipinski definition) is 5. The van der Waals surface area contributed by atoms with Crippen molar-refractivity contribution in [3.05, 3.63) is 29.8 Å². The Morgan fingerprint density at radius 1 is 1.28 bits per heavy atom. The minimum Gasteiger partial charge on any atom is -0.485 e. The molecule has 1 spiro atoms. The molecule has 0 radical (unpaired) electrons. The fourth-order valence-electron chi connectivity index (χ4n) is 4.14. The molecule has 1 aromatic carbocycles. The van der Waals surface area contributed by atoms with Gasteiger partial charge < -0.3 is 25.0 Å². The molecule has 3 aliphatic heterocycles. The van der Waals surface area contributed by atoms with E-state index in [-0.39, 0.29) is 36.8 Å². The Balaban J connectivity index is 1.38. The predicted molar refractivity (Wildman–Crippen MR) is 105 cm³/mol. The van der Waals surface area contributed by atoms with E-state index in [0.29, 0.717) is 43.8 Å². The Morgan fingerprint density at radius 2 is 2.14 bits per heavy atom. The number of carbonyl (C=O) groups is 3. The highest BCUT2D eigenvalue weighted by Gasteiger charge is 2.40. The van der Waals surface area contributed by atoms with Crippen LogP contribution in [0.25, 0.3) is 0 Å². The Bertz CT molecular complexity index is 792. The second-order valence-electron chi connectivity index (χ2n) is 7.97. The molecule has 8 nitrogen and oxygen atoms in total. The second kappa shape index (κ2) is 8.41. The number of hydrogen-bond donors (Lipinski definition) is 2. The molecule has 0 unspecified atom stereocenters. The van der Waals surface area contributed by atoms with Gasteiger partial charge >= 0.3 is 0 Å². The number of ether oxygens (including phenoxy) is 2. The van der Waals surface area contributed by atoms with Gasteiger partial charge in [0, 0.05) is 32.5 Å². The van der Waals surface area contributed by atoms with Crippen molar-refractivity contribution in [2.75, 3.05) is 32.8 Å². The van der Waals surface area contributed by atoms with Crippen LogP contribution in [0.3, 0.4) is 0 Å². The van der Waals surface area contributed by atoms with Crippen molar-refractivity contribution >= 4 is 17.7 Å². The first-order valence-electron chi connectivity index (χ1n) is 10.3. The standard InChI is InChI=1S/C21H27N3O5/c25-18(22-12-15-4-3-11-28-15)13-24-10-9-21(8-7-19(24)26)14-23-20(27)16-5-1-2-6-17(16)29-21/h1-2,5-6,15H,3-4,7-14H2,(H,22,25)(H,23,27)/t15-,21-/m1/s1. The van der Waals surface area contributed by atoms with Crippen molar-refractivity contribution < 1.29 is 23.9 Å². The van der Waals surface area contributed by atoms with E-state index in [2.05, 4.69) is 10.6 Å². The molecule has 0 aliphatic carbocycles. The molecule has 0 aromatic heterocycles. The number of fused-ring (bicyclic) bond motifs is 1. The van der Waals surface area contributed by atoms with Gasteiger partial charge in [-0.2, -0.15) is 0 Å². The van der Waals surface area contributed by atoms with Crippen LogP contribution in [0.2, 0.25) is 0 Å². The fourth-order valence-corrected chi connectivity index (χ4v) is 4.14. The van der Waals surface area contributed by atoms with Crippen LogP contribution in [0.15, 0.2) is 24.3 Å². The van der Waals surface area contributed by atoms with Crippen LogP contribution in [0.5, 0.6) is 5.75 Å². The molecule has 2 fully saturated rings. The summed E-state index contributed by atoms with van der Waals surface area (Å²) in [6.45, 7) is 2.01. The summed E-state index contributed by atoms with van der Waals surface area (Å²) >= 11 is 0. The summed E-state index contributed by atoms with van der Waals surface area (Å²) in [7, 11) is 0. The third-order valence-corrected chi connectivity index (χ3v) is 5.90.